The van der Waals surface area contributed by atoms with Crippen LogP contribution in [0.25, 0.3) is 0 Å². The standard InChI is InChI=1S/C14H22N4O2/c1-15-14(18-11-5-2-3-6-11)17-10-13(19)16-9-12-7-4-8-20-12/h4,7-8,11H,2-3,5-6,9-10H2,1H3,(H,16,19)(H2,15,17,18). The molecule has 1 aromatic heterocycles. The number of nitrogens with zero attached hydrogens (tertiary/aromatic N) is 1. The second-order valence-corrected chi connectivity index (χ2v) is 4.91. The van der Waals surface area contributed by atoms with Gasteiger partial charge in [-0.2, -0.15) is 0 Å². The first-order valence-electron chi connectivity index (χ1n) is 7.04. The van der Waals surface area contributed by atoms with Crippen LogP contribution in [0.15, 0.2) is 27.8 Å². The van der Waals surface area contributed by atoms with E-state index in [9.17, 15) is 4.79 Å². The van der Waals surface area contributed by atoms with Crippen molar-refractivity contribution in [2.75, 3.05) is 13.6 Å². The van der Waals surface area contributed by atoms with E-state index in [4.69, 9.17) is 4.42 Å². The molecule has 0 unspecified atom stereocenters. The molecule has 0 spiro atoms. The van der Waals surface area contributed by atoms with Gasteiger partial charge in [-0.05, 0) is 25.0 Å². The van der Waals surface area contributed by atoms with Crippen molar-refractivity contribution in [1.29, 1.82) is 0 Å². The van der Waals surface area contributed by atoms with Crippen molar-refractivity contribution in [3.63, 3.8) is 0 Å². The summed E-state index contributed by atoms with van der Waals surface area (Å²) in [5, 5.41) is 9.13. The highest BCUT2D eigenvalue weighted by molar-refractivity contribution is 5.86. The third-order valence-corrected chi connectivity index (χ3v) is 3.38. The quantitative estimate of drug-likeness (QED) is 0.555. The Morgan fingerprint density at radius 3 is 2.85 bits per heavy atom. The molecule has 1 amide bonds. The molecule has 110 valence electrons. The van der Waals surface area contributed by atoms with Crippen LogP contribution in [0.3, 0.4) is 0 Å². The average molecular weight is 278 g/mol. The molecule has 0 aliphatic heterocycles. The van der Waals surface area contributed by atoms with E-state index < -0.39 is 0 Å². The maximum absolute atomic E-state index is 11.7. The Kier molecular flexibility index (Phi) is 5.46. The lowest BCUT2D eigenvalue weighted by Crippen LogP contribution is -2.46. The van der Waals surface area contributed by atoms with Crippen LogP contribution >= 0.6 is 0 Å². The van der Waals surface area contributed by atoms with Gasteiger partial charge in [-0.15, -0.1) is 0 Å². The molecule has 1 aliphatic carbocycles. The van der Waals surface area contributed by atoms with Gasteiger partial charge in [-0.3, -0.25) is 9.79 Å². The topological polar surface area (TPSA) is 78.7 Å². The number of aliphatic imine (C=N–C) groups is 1. The van der Waals surface area contributed by atoms with E-state index in [1.54, 1.807) is 19.4 Å². The Balaban J connectivity index is 1.65. The molecule has 1 saturated carbocycles. The normalized spacial score (nSPS) is 16.1. The highest BCUT2D eigenvalue weighted by atomic mass is 16.3. The minimum Gasteiger partial charge on any atom is -0.467 e. The maximum atomic E-state index is 11.7. The molecule has 1 heterocycles. The molecule has 0 bridgehead atoms. The minimum absolute atomic E-state index is 0.0872. The van der Waals surface area contributed by atoms with Crippen LogP contribution in [-0.2, 0) is 11.3 Å². The van der Waals surface area contributed by atoms with Crippen LogP contribution in [0.5, 0.6) is 0 Å². The van der Waals surface area contributed by atoms with Gasteiger partial charge in [0.05, 0.1) is 19.4 Å². The molecule has 0 saturated heterocycles. The van der Waals surface area contributed by atoms with E-state index in [0.29, 0.717) is 18.5 Å². The van der Waals surface area contributed by atoms with Gasteiger partial charge >= 0.3 is 0 Å². The lowest BCUT2D eigenvalue weighted by molar-refractivity contribution is -0.120. The Morgan fingerprint density at radius 2 is 2.20 bits per heavy atom. The van der Waals surface area contributed by atoms with Gasteiger partial charge in [0.15, 0.2) is 5.96 Å². The maximum Gasteiger partial charge on any atom is 0.239 e. The fourth-order valence-corrected chi connectivity index (χ4v) is 2.28. The summed E-state index contributed by atoms with van der Waals surface area (Å²) in [6.07, 6.45) is 6.46. The predicted octanol–water partition coefficient (Wildman–Crippen LogP) is 1.00. The summed E-state index contributed by atoms with van der Waals surface area (Å²) in [5.41, 5.74) is 0. The molecule has 6 nitrogen and oxygen atoms in total. The summed E-state index contributed by atoms with van der Waals surface area (Å²) in [6.45, 7) is 0.606. The summed E-state index contributed by atoms with van der Waals surface area (Å²) in [7, 11) is 1.71. The van der Waals surface area contributed by atoms with Crippen LogP contribution in [0.2, 0.25) is 0 Å². The van der Waals surface area contributed by atoms with E-state index in [-0.39, 0.29) is 12.5 Å². The number of guanidine groups is 1. The zero-order valence-corrected chi connectivity index (χ0v) is 11.8. The minimum atomic E-state index is -0.0872. The third kappa shape index (κ3) is 4.60. The Hall–Kier alpha value is -1.98. The number of carbonyl (C=O) groups excluding carboxylic acids is 1. The van der Waals surface area contributed by atoms with Crippen molar-refractivity contribution in [3.8, 4) is 0 Å². The number of amides is 1. The summed E-state index contributed by atoms with van der Waals surface area (Å²) >= 11 is 0. The molecule has 3 N–H and O–H groups in total. The third-order valence-electron chi connectivity index (χ3n) is 3.38. The zero-order valence-electron chi connectivity index (χ0n) is 11.8. The predicted molar refractivity (Wildman–Crippen MR) is 77.3 cm³/mol. The van der Waals surface area contributed by atoms with Gasteiger partial charge in [0.1, 0.15) is 5.76 Å². The van der Waals surface area contributed by atoms with Crippen molar-refractivity contribution < 1.29 is 9.21 Å². The Bertz CT molecular complexity index is 436. The number of carbonyl (C=O) groups is 1. The number of hydrogen-bond acceptors (Lipinski definition) is 3. The van der Waals surface area contributed by atoms with E-state index in [2.05, 4.69) is 20.9 Å². The summed E-state index contributed by atoms with van der Waals surface area (Å²) in [6, 6.07) is 4.11. The first-order valence-corrected chi connectivity index (χ1v) is 7.04. The van der Waals surface area contributed by atoms with Gasteiger partial charge in [-0.25, -0.2) is 0 Å². The van der Waals surface area contributed by atoms with E-state index in [1.807, 2.05) is 6.07 Å². The van der Waals surface area contributed by atoms with Crippen molar-refractivity contribution >= 4 is 11.9 Å². The Labute approximate surface area is 119 Å². The molecule has 1 aliphatic rings. The molecular weight excluding hydrogens is 256 g/mol. The molecule has 1 fully saturated rings. The van der Waals surface area contributed by atoms with E-state index in [1.165, 1.54) is 25.7 Å². The molecule has 0 atom stereocenters. The molecule has 6 heteroatoms. The molecule has 20 heavy (non-hydrogen) atoms. The first-order chi connectivity index (χ1) is 9.78. The number of rotatable bonds is 5. The fourth-order valence-electron chi connectivity index (χ4n) is 2.28. The first kappa shape index (κ1) is 14.4. The van der Waals surface area contributed by atoms with E-state index >= 15 is 0 Å². The van der Waals surface area contributed by atoms with Crippen LogP contribution in [0, 0.1) is 0 Å². The second kappa shape index (κ2) is 7.57. The zero-order chi connectivity index (χ0) is 14.2. The van der Waals surface area contributed by atoms with Crippen LogP contribution < -0.4 is 16.0 Å². The summed E-state index contributed by atoms with van der Waals surface area (Å²) in [4.78, 5) is 15.8. The van der Waals surface area contributed by atoms with Crippen molar-refractivity contribution in [1.82, 2.24) is 16.0 Å². The van der Waals surface area contributed by atoms with Crippen molar-refractivity contribution in [3.05, 3.63) is 24.2 Å². The average Bonchev–Trinajstić information content (AvgIpc) is 3.14. The van der Waals surface area contributed by atoms with Gasteiger partial charge in [0.25, 0.3) is 0 Å². The van der Waals surface area contributed by atoms with Crippen molar-refractivity contribution in [2.24, 2.45) is 4.99 Å². The molecular formula is C14H22N4O2. The SMILES string of the molecule is CN=C(NCC(=O)NCc1ccco1)NC1CCCC1. The molecule has 2 rings (SSSR count). The highest BCUT2D eigenvalue weighted by Gasteiger charge is 2.16. The summed E-state index contributed by atoms with van der Waals surface area (Å²) in [5.74, 6) is 1.34. The van der Waals surface area contributed by atoms with Gasteiger partial charge in [0.2, 0.25) is 5.91 Å². The lowest BCUT2D eigenvalue weighted by Gasteiger charge is -2.16. The monoisotopic (exact) mass is 278 g/mol. The molecule has 0 aromatic carbocycles. The van der Waals surface area contributed by atoms with E-state index in [0.717, 1.165) is 5.76 Å². The summed E-state index contributed by atoms with van der Waals surface area (Å²) < 4.78 is 5.15. The van der Waals surface area contributed by atoms with Gasteiger partial charge in [0, 0.05) is 13.1 Å². The Morgan fingerprint density at radius 1 is 1.40 bits per heavy atom. The van der Waals surface area contributed by atoms with Crippen molar-refractivity contribution in [2.45, 2.75) is 38.3 Å². The number of hydrogen-bond donors (Lipinski definition) is 3. The van der Waals surface area contributed by atoms with Crippen LogP contribution in [0.1, 0.15) is 31.4 Å². The second-order valence-electron chi connectivity index (χ2n) is 4.91. The van der Waals surface area contributed by atoms with Crippen LogP contribution in [-0.4, -0.2) is 31.5 Å². The molecule has 1 aromatic rings. The lowest BCUT2D eigenvalue weighted by atomic mass is 10.2. The van der Waals surface area contributed by atoms with Gasteiger partial charge in [-0.1, -0.05) is 12.8 Å². The molecule has 0 radical (unpaired) electrons. The smallest absolute Gasteiger partial charge is 0.239 e. The fraction of sp³-hybridized carbons (Fsp3) is 0.571. The largest absolute Gasteiger partial charge is 0.467 e. The number of furan rings is 1. The van der Waals surface area contributed by atoms with Gasteiger partial charge < -0.3 is 20.4 Å². The highest BCUT2D eigenvalue weighted by Crippen LogP contribution is 2.17. The number of nitrogens with one attached hydrogen (secondary N) is 3. The van der Waals surface area contributed by atoms with Crippen LogP contribution in [0.4, 0.5) is 0 Å².